The van der Waals surface area contributed by atoms with E-state index in [0.717, 1.165) is 17.0 Å². The molecule has 0 fully saturated rings. The van der Waals surface area contributed by atoms with Gasteiger partial charge in [0.1, 0.15) is 5.82 Å². The molecule has 0 aliphatic heterocycles. The SMILES string of the molecule is CCn1c(Cc2ccccc2)nnc1SCC(=O)Nc1cc([N+](=O)[O-])ccc1C. The lowest BCUT2D eigenvalue weighted by Crippen LogP contribution is -2.15. The van der Waals surface area contributed by atoms with Crippen LogP contribution in [0.25, 0.3) is 0 Å². The van der Waals surface area contributed by atoms with Crippen LogP contribution >= 0.6 is 11.8 Å². The fourth-order valence-electron chi connectivity index (χ4n) is 2.83. The lowest BCUT2D eigenvalue weighted by Gasteiger charge is -2.09. The van der Waals surface area contributed by atoms with Crippen molar-refractivity contribution in [2.24, 2.45) is 0 Å². The van der Waals surface area contributed by atoms with E-state index >= 15 is 0 Å². The number of nitro groups is 1. The predicted octanol–water partition coefficient (Wildman–Crippen LogP) is 3.84. The van der Waals surface area contributed by atoms with Gasteiger partial charge in [-0.1, -0.05) is 48.2 Å². The van der Waals surface area contributed by atoms with Crippen molar-refractivity contribution in [2.75, 3.05) is 11.1 Å². The van der Waals surface area contributed by atoms with Gasteiger partial charge in [-0.25, -0.2) is 0 Å². The highest BCUT2D eigenvalue weighted by Gasteiger charge is 2.15. The standard InChI is InChI=1S/C20H21N5O3S/c1-3-24-18(11-15-7-5-4-6-8-15)22-23-20(24)29-13-19(26)21-17-12-16(25(27)28)10-9-14(17)2/h4-10,12H,3,11,13H2,1-2H3,(H,21,26). The minimum absolute atomic E-state index is 0.0603. The third-order valence-electron chi connectivity index (χ3n) is 4.35. The molecule has 29 heavy (non-hydrogen) atoms. The van der Waals surface area contributed by atoms with Gasteiger partial charge in [0.05, 0.1) is 16.4 Å². The fraction of sp³-hybridized carbons (Fsp3) is 0.250. The maximum atomic E-state index is 12.4. The fourth-order valence-corrected chi connectivity index (χ4v) is 3.65. The maximum absolute atomic E-state index is 12.4. The monoisotopic (exact) mass is 411 g/mol. The molecule has 0 unspecified atom stereocenters. The van der Waals surface area contributed by atoms with Gasteiger partial charge in [0, 0.05) is 25.1 Å². The number of nitrogens with one attached hydrogen (secondary N) is 1. The molecule has 0 saturated heterocycles. The number of aromatic nitrogens is 3. The zero-order valence-corrected chi connectivity index (χ0v) is 17.0. The molecule has 150 valence electrons. The van der Waals surface area contributed by atoms with Crippen LogP contribution in [0, 0.1) is 17.0 Å². The van der Waals surface area contributed by atoms with Crippen molar-refractivity contribution in [3.8, 4) is 0 Å². The van der Waals surface area contributed by atoms with Crippen LogP contribution < -0.4 is 5.32 Å². The average molecular weight is 411 g/mol. The summed E-state index contributed by atoms with van der Waals surface area (Å²) in [7, 11) is 0. The molecular formula is C20H21N5O3S. The van der Waals surface area contributed by atoms with Crippen LogP contribution in [0.3, 0.4) is 0 Å². The molecule has 2 aromatic carbocycles. The van der Waals surface area contributed by atoms with Gasteiger partial charge >= 0.3 is 0 Å². The van der Waals surface area contributed by atoms with E-state index in [-0.39, 0.29) is 17.3 Å². The number of aryl methyl sites for hydroxylation is 1. The van der Waals surface area contributed by atoms with Crippen molar-refractivity contribution in [2.45, 2.75) is 32.0 Å². The molecule has 1 N–H and O–H groups in total. The number of nitrogens with zero attached hydrogens (tertiary/aromatic N) is 4. The quantitative estimate of drug-likeness (QED) is 0.343. The van der Waals surface area contributed by atoms with Crippen molar-refractivity contribution < 1.29 is 9.72 Å². The first-order chi connectivity index (χ1) is 14.0. The Balaban J connectivity index is 1.65. The van der Waals surface area contributed by atoms with Gasteiger partial charge in [-0.3, -0.25) is 14.9 Å². The number of hydrogen-bond acceptors (Lipinski definition) is 6. The second kappa shape index (κ2) is 9.33. The summed E-state index contributed by atoms with van der Waals surface area (Å²) in [5.74, 6) is 0.719. The van der Waals surface area contributed by atoms with Gasteiger partial charge in [-0.15, -0.1) is 10.2 Å². The first-order valence-electron chi connectivity index (χ1n) is 9.11. The van der Waals surface area contributed by atoms with Gasteiger partial charge in [0.25, 0.3) is 5.69 Å². The number of anilines is 1. The molecule has 1 aromatic heterocycles. The van der Waals surface area contributed by atoms with Crippen LogP contribution in [-0.2, 0) is 17.8 Å². The second-order valence-electron chi connectivity index (χ2n) is 6.40. The molecule has 1 heterocycles. The van der Waals surface area contributed by atoms with E-state index in [0.29, 0.717) is 23.8 Å². The minimum atomic E-state index is -0.484. The average Bonchev–Trinajstić information content (AvgIpc) is 3.10. The zero-order valence-electron chi connectivity index (χ0n) is 16.2. The topological polar surface area (TPSA) is 103 Å². The Morgan fingerprint density at radius 2 is 1.97 bits per heavy atom. The van der Waals surface area contributed by atoms with E-state index in [2.05, 4.69) is 15.5 Å². The Morgan fingerprint density at radius 1 is 1.21 bits per heavy atom. The molecule has 0 aliphatic carbocycles. The van der Waals surface area contributed by atoms with E-state index in [1.807, 2.05) is 41.8 Å². The highest BCUT2D eigenvalue weighted by molar-refractivity contribution is 7.99. The Hall–Kier alpha value is -3.20. The Labute approximate surface area is 172 Å². The van der Waals surface area contributed by atoms with Crippen molar-refractivity contribution in [3.05, 3.63) is 75.6 Å². The van der Waals surface area contributed by atoms with Gasteiger partial charge in [0.15, 0.2) is 5.16 Å². The van der Waals surface area contributed by atoms with Crippen LogP contribution in [0.4, 0.5) is 11.4 Å². The summed E-state index contributed by atoms with van der Waals surface area (Å²) in [5.41, 5.74) is 2.28. The highest BCUT2D eigenvalue weighted by atomic mass is 32.2. The van der Waals surface area contributed by atoms with Crippen molar-refractivity contribution in [3.63, 3.8) is 0 Å². The maximum Gasteiger partial charge on any atom is 0.271 e. The molecule has 1 amide bonds. The van der Waals surface area contributed by atoms with Crippen LogP contribution in [0.2, 0.25) is 0 Å². The van der Waals surface area contributed by atoms with E-state index in [1.165, 1.54) is 23.9 Å². The number of benzene rings is 2. The number of amides is 1. The number of thioether (sulfide) groups is 1. The number of hydrogen-bond donors (Lipinski definition) is 1. The van der Waals surface area contributed by atoms with Crippen LogP contribution in [-0.4, -0.2) is 31.3 Å². The highest BCUT2D eigenvalue weighted by Crippen LogP contribution is 2.23. The van der Waals surface area contributed by atoms with Gasteiger partial charge < -0.3 is 9.88 Å². The first-order valence-corrected chi connectivity index (χ1v) is 10.1. The second-order valence-corrected chi connectivity index (χ2v) is 7.34. The third-order valence-corrected chi connectivity index (χ3v) is 5.32. The summed E-state index contributed by atoms with van der Waals surface area (Å²) >= 11 is 1.29. The molecule has 9 heteroatoms. The molecule has 0 spiro atoms. The minimum Gasteiger partial charge on any atom is -0.325 e. The summed E-state index contributed by atoms with van der Waals surface area (Å²) in [4.78, 5) is 22.8. The summed E-state index contributed by atoms with van der Waals surface area (Å²) in [6.45, 7) is 4.49. The Kier molecular flexibility index (Phi) is 6.61. The molecule has 3 aromatic rings. The molecule has 0 radical (unpaired) electrons. The van der Waals surface area contributed by atoms with Crippen molar-refractivity contribution >= 4 is 29.0 Å². The summed E-state index contributed by atoms with van der Waals surface area (Å²) < 4.78 is 1.99. The summed E-state index contributed by atoms with van der Waals surface area (Å²) in [6, 6.07) is 14.4. The molecule has 8 nitrogen and oxygen atoms in total. The lowest BCUT2D eigenvalue weighted by molar-refractivity contribution is -0.384. The lowest BCUT2D eigenvalue weighted by atomic mass is 10.1. The Bertz CT molecular complexity index is 1020. The smallest absolute Gasteiger partial charge is 0.271 e. The molecule has 3 rings (SSSR count). The molecule has 0 saturated carbocycles. The van der Waals surface area contributed by atoms with E-state index in [4.69, 9.17) is 0 Å². The summed E-state index contributed by atoms with van der Waals surface area (Å²) in [5, 5.41) is 22.8. The van der Waals surface area contributed by atoms with Crippen LogP contribution in [0.5, 0.6) is 0 Å². The van der Waals surface area contributed by atoms with Crippen molar-refractivity contribution in [1.82, 2.24) is 14.8 Å². The predicted molar refractivity (Wildman–Crippen MR) is 112 cm³/mol. The number of non-ortho nitro benzene ring substituents is 1. The molecule has 0 bridgehead atoms. The number of nitro benzene ring substituents is 1. The largest absolute Gasteiger partial charge is 0.325 e. The van der Waals surface area contributed by atoms with Crippen LogP contribution in [0.1, 0.15) is 23.9 Å². The number of carbonyl (C=O) groups is 1. The van der Waals surface area contributed by atoms with E-state index in [1.54, 1.807) is 13.0 Å². The normalized spacial score (nSPS) is 10.7. The molecule has 0 atom stereocenters. The van der Waals surface area contributed by atoms with Crippen LogP contribution in [0.15, 0.2) is 53.7 Å². The Morgan fingerprint density at radius 3 is 2.66 bits per heavy atom. The molecule has 0 aliphatic rings. The van der Waals surface area contributed by atoms with E-state index < -0.39 is 4.92 Å². The third kappa shape index (κ3) is 5.20. The number of carbonyl (C=O) groups excluding carboxylic acids is 1. The van der Waals surface area contributed by atoms with Gasteiger partial charge in [-0.2, -0.15) is 0 Å². The van der Waals surface area contributed by atoms with Crippen molar-refractivity contribution in [1.29, 1.82) is 0 Å². The van der Waals surface area contributed by atoms with Gasteiger partial charge in [0.2, 0.25) is 5.91 Å². The number of rotatable bonds is 8. The first kappa shape index (κ1) is 20.5. The van der Waals surface area contributed by atoms with Gasteiger partial charge in [-0.05, 0) is 25.0 Å². The van der Waals surface area contributed by atoms with E-state index in [9.17, 15) is 14.9 Å². The summed E-state index contributed by atoms with van der Waals surface area (Å²) in [6.07, 6.45) is 0.668. The zero-order chi connectivity index (χ0) is 20.8. The molecular weight excluding hydrogens is 390 g/mol.